The highest BCUT2D eigenvalue weighted by atomic mass is 16.3. The Morgan fingerprint density at radius 2 is 2.26 bits per heavy atom. The van der Waals surface area contributed by atoms with Crippen molar-refractivity contribution >= 4 is 11.6 Å². The van der Waals surface area contributed by atoms with Crippen molar-refractivity contribution in [2.45, 2.75) is 44.8 Å². The van der Waals surface area contributed by atoms with Crippen molar-refractivity contribution in [3.63, 3.8) is 0 Å². The Morgan fingerprint density at radius 3 is 2.95 bits per heavy atom. The van der Waals surface area contributed by atoms with Crippen LogP contribution in [0.5, 0.6) is 0 Å². The molecule has 0 radical (unpaired) electrons. The minimum Gasteiger partial charge on any atom is -0.388 e. The summed E-state index contributed by atoms with van der Waals surface area (Å²) in [6.07, 6.45) is 2.29. The molecule has 0 fully saturated rings. The van der Waals surface area contributed by atoms with Crippen LogP contribution in [0.2, 0.25) is 0 Å². The normalized spacial score (nSPS) is 20.3. The van der Waals surface area contributed by atoms with Crippen LogP contribution >= 0.6 is 0 Å². The minimum absolute atomic E-state index is 0.0485. The summed E-state index contributed by atoms with van der Waals surface area (Å²) in [6, 6.07) is 7.72. The molecule has 1 aromatic carbocycles. The molecule has 0 spiro atoms. The molecule has 2 atom stereocenters. The molecule has 1 heterocycles. The van der Waals surface area contributed by atoms with Crippen LogP contribution in [0.4, 0.5) is 5.69 Å². The Bertz CT molecular complexity index is 432. The van der Waals surface area contributed by atoms with Crippen molar-refractivity contribution in [2.24, 2.45) is 0 Å². The topological polar surface area (TPSA) is 61.4 Å². The first kappa shape index (κ1) is 13.9. The van der Waals surface area contributed by atoms with Gasteiger partial charge < -0.3 is 15.7 Å². The van der Waals surface area contributed by atoms with Crippen LogP contribution in [0.1, 0.15) is 32.3 Å². The summed E-state index contributed by atoms with van der Waals surface area (Å²) in [5.74, 6) is -0.0485. The SMILES string of the molecule is CCCC(C)(O)CNC(=O)C1Cc2ccccc2N1. The monoisotopic (exact) mass is 262 g/mol. The number of anilines is 1. The van der Waals surface area contributed by atoms with E-state index in [4.69, 9.17) is 0 Å². The van der Waals surface area contributed by atoms with Crippen LogP contribution in [0.15, 0.2) is 24.3 Å². The third-order valence-electron chi connectivity index (χ3n) is 3.52. The van der Waals surface area contributed by atoms with Gasteiger partial charge in [0.1, 0.15) is 6.04 Å². The van der Waals surface area contributed by atoms with Crippen molar-refractivity contribution in [1.82, 2.24) is 5.32 Å². The predicted molar refractivity (Wildman–Crippen MR) is 76.1 cm³/mol. The fourth-order valence-electron chi connectivity index (χ4n) is 2.48. The molecule has 2 unspecified atom stereocenters. The van der Waals surface area contributed by atoms with Gasteiger partial charge in [0, 0.05) is 18.7 Å². The van der Waals surface area contributed by atoms with Crippen LogP contribution in [-0.4, -0.2) is 29.2 Å². The van der Waals surface area contributed by atoms with Gasteiger partial charge in [-0.1, -0.05) is 31.5 Å². The number of fused-ring (bicyclic) bond motifs is 1. The second-order valence-corrected chi connectivity index (χ2v) is 5.52. The molecule has 0 bridgehead atoms. The maximum atomic E-state index is 12.1. The molecule has 1 amide bonds. The lowest BCUT2D eigenvalue weighted by Crippen LogP contribution is -2.46. The lowest BCUT2D eigenvalue weighted by Gasteiger charge is -2.24. The highest BCUT2D eigenvalue weighted by molar-refractivity contribution is 5.87. The smallest absolute Gasteiger partial charge is 0.242 e. The molecule has 4 nitrogen and oxygen atoms in total. The molecular weight excluding hydrogens is 240 g/mol. The Morgan fingerprint density at radius 1 is 1.53 bits per heavy atom. The van der Waals surface area contributed by atoms with Crippen LogP contribution < -0.4 is 10.6 Å². The molecule has 0 aliphatic carbocycles. The molecule has 19 heavy (non-hydrogen) atoms. The molecule has 0 saturated heterocycles. The molecule has 2 rings (SSSR count). The average Bonchev–Trinajstić information content (AvgIpc) is 2.79. The number of aliphatic hydroxyl groups is 1. The first-order chi connectivity index (χ1) is 9.02. The van der Waals surface area contributed by atoms with E-state index in [1.54, 1.807) is 6.92 Å². The van der Waals surface area contributed by atoms with E-state index in [1.165, 1.54) is 5.56 Å². The Kier molecular flexibility index (Phi) is 4.10. The summed E-state index contributed by atoms with van der Waals surface area (Å²) >= 11 is 0. The van der Waals surface area contributed by atoms with Crippen molar-refractivity contribution in [1.29, 1.82) is 0 Å². The fourth-order valence-corrected chi connectivity index (χ4v) is 2.48. The van der Waals surface area contributed by atoms with Gasteiger partial charge in [-0.3, -0.25) is 4.79 Å². The lowest BCUT2D eigenvalue weighted by atomic mass is 10.0. The largest absolute Gasteiger partial charge is 0.388 e. The molecule has 1 aliphatic rings. The number of nitrogens with one attached hydrogen (secondary N) is 2. The molecule has 0 aromatic heterocycles. The summed E-state index contributed by atoms with van der Waals surface area (Å²) in [5.41, 5.74) is 1.38. The number of benzene rings is 1. The minimum atomic E-state index is -0.824. The number of hydrogen-bond donors (Lipinski definition) is 3. The number of carbonyl (C=O) groups excluding carboxylic acids is 1. The highest BCUT2D eigenvalue weighted by Gasteiger charge is 2.28. The van der Waals surface area contributed by atoms with Gasteiger partial charge in [-0.05, 0) is 25.0 Å². The third kappa shape index (κ3) is 3.47. The van der Waals surface area contributed by atoms with E-state index in [2.05, 4.69) is 10.6 Å². The van der Waals surface area contributed by atoms with E-state index < -0.39 is 5.60 Å². The van der Waals surface area contributed by atoms with Crippen molar-refractivity contribution < 1.29 is 9.90 Å². The van der Waals surface area contributed by atoms with Gasteiger partial charge in [0.05, 0.1) is 5.60 Å². The third-order valence-corrected chi connectivity index (χ3v) is 3.52. The Hall–Kier alpha value is -1.55. The van der Waals surface area contributed by atoms with E-state index >= 15 is 0 Å². The average molecular weight is 262 g/mol. The van der Waals surface area contributed by atoms with Crippen LogP contribution in [0.25, 0.3) is 0 Å². The number of carbonyl (C=O) groups is 1. The number of rotatable bonds is 5. The molecular formula is C15H22N2O2. The van der Waals surface area contributed by atoms with Gasteiger partial charge in [0.15, 0.2) is 0 Å². The van der Waals surface area contributed by atoms with Gasteiger partial charge in [-0.2, -0.15) is 0 Å². The van der Waals surface area contributed by atoms with Crippen LogP contribution in [-0.2, 0) is 11.2 Å². The number of para-hydroxylation sites is 1. The number of hydrogen-bond acceptors (Lipinski definition) is 3. The van der Waals surface area contributed by atoms with Crippen LogP contribution in [0, 0.1) is 0 Å². The van der Waals surface area contributed by atoms with Crippen molar-refractivity contribution in [3.05, 3.63) is 29.8 Å². The van der Waals surface area contributed by atoms with Crippen molar-refractivity contribution in [2.75, 3.05) is 11.9 Å². The fraction of sp³-hybridized carbons (Fsp3) is 0.533. The zero-order valence-corrected chi connectivity index (χ0v) is 11.6. The first-order valence-electron chi connectivity index (χ1n) is 6.86. The molecule has 1 aliphatic heterocycles. The standard InChI is InChI=1S/C15H22N2O2/c1-3-8-15(2,19)10-16-14(18)13-9-11-6-4-5-7-12(11)17-13/h4-7,13,17,19H,3,8-10H2,1-2H3,(H,16,18). The highest BCUT2D eigenvalue weighted by Crippen LogP contribution is 2.25. The van der Waals surface area contributed by atoms with Gasteiger partial charge in [0.2, 0.25) is 5.91 Å². The van der Waals surface area contributed by atoms with Gasteiger partial charge >= 0.3 is 0 Å². The quantitative estimate of drug-likeness (QED) is 0.757. The molecule has 3 N–H and O–H groups in total. The molecule has 4 heteroatoms. The zero-order chi connectivity index (χ0) is 13.9. The van der Waals surface area contributed by atoms with E-state index in [1.807, 2.05) is 31.2 Å². The summed E-state index contributed by atoms with van der Waals surface area (Å²) < 4.78 is 0. The second kappa shape index (κ2) is 5.61. The maximum absolute atomic E-state index is 12.1. The molecule has 1 aromatic rings. The van der Waals surface area contributed by atoms with E-state index in [9.17, 15) is 9.90 Å². The zero-order valence-electron chi connectivity index (χ0n) is 11.6. The van der Waals surface area contributed by atoms with E-state index in [-0.39, 0.29) is 11.9 Å². The maximum Gasteiger partial charge on any atom is 0.242 e. The number of amides is 1. The van der Waals surface area contributed by atoms with E-state index in [0.717, 1.165) is 12.1 Å². The summed E-state index contributed by atoms with van der Waals surface area (Å²) in [6.45, 7) is 4.08. The Labute approximate surface area is 114 Å². The van der Waals surface area contributed by atoms with Crippen molar-refractivity contribution in [3.8, 4) is 0 Å². The predicted octanol–water partition coefficient (Wildman–Crippen LogP) is 1.69. The summed E-state index contributed by atoms with van der Waals surface area (Å²) in [7, 11) is 0. The van der Waals surface area contributed by atoms with Crippen LogP contribution in [0.3, 0.4) is 0 Å². The van der Waals surface area contributed by atoms with Gasteiger partial charge in [0.25, 0.3) is 0 Å². The van der Waals surface area contributed by atoms with Gasteiger partial charge in [-0.25, -0.2) is 0 Å². The summed E-state index contributed by atoms with van der Waals surface area (Å²) in [5, 5.41) is 16.1. The van der Waals surface area contributed by atoms with Gasteiger partial charge in [-0.15, -0.1) is 0 Å². The lowest BCUT2D eigenvalue weighted by molar-refractivity contribution is -0.122. The molecule has 0 saturated carbocycles. The van der Waals surface area contributed by atoms with E-state index in [0.29, 0.717) is 19.4 Å². The second-order valence-electron chi connectivity index (χ2n) is 5.52. The first-order valence-corrected chi connectivity index (χ1v) is 6.86. The molecule has 104 valence electrons. The Balaban J connectivity index is 1.86. The summed E-state index contributed by atoms with van der Waals surface area (Å²) in [4.78, 5) is 12.1.